The second kappa shape index (κ2) is 11.7. The van der Waals surface area contributed by atoms with Crippen LogP contribution in [0.2, 0.25) is 15.1 Å². The number of hydrogen-bond donors (Lipinski definition) is 0. The van der Waals surface area contributed by atoms with Gasteiger partial charge >= 0.3 is 0 Å². The van der Waals surface area contributed by atoms with E-state index in [2.05, 4.69) is 0 Å². The van der Waals surface area contributed by atoms with Crippen molar-refractivity contribution in [3.05, 3.63) is 67.5 Å². The van der Waals surface area contributed by atoms with Gasteiger partial charge in [-0.1, -0.05) is 65.8 Å². The van der Waals surface area contributed by atoms with E-state index in [4.69, 9.17) is 39.5 Å². The molecule has 0 radical (unpaired) electrons. The molecule has 0 aromatic heterocycles. The van der Waals surface area contributed by atoms with E-state index < -0.39 is 11.1 Å². The fourth-order valence-electron chi connectivity index (χ4n) is 3.91. The smallest absolute Gasteiger partial charge is 0.294 e. The molecule has 2 aliphatic rings. The van der Waals surface area contributed by atoms with Crippen molar-refractivity contribution in [1.29, 1.82) is 0 Å². The van der Waals surface area contributed by atoms with Crippen LogP contribution in [0.1, 0.15) is 36.8 Å². The van der Waals surface area contributed by atoms with Gasteiger partial charge in [0.2, 0.25) is 5.91 Å². The lowest BCUT2D eigenvalue weighted by molar-refractivity contribution is -0.135. The van der Waals surface area contributed by atoms with Gasteiger partial charge in [-0.3, -0.25) is 19.3 Å². The van der Waals surface area contributed by atoms with Crippen molar-refractivity contribution < 1.29 is 19.1 Å². The Morgan fingerprint density at radius 3 is 2.29 bits per heavy atom. The molecule has 3 amide bonds. The SMILES string of the molecule is O=C(CN1C(=O)SC(=Cc2cc(Cl)c(OCc3ccccc3Cl)c(Cl)c2)C1=O)N1CCCCCC1. The van der Waals surface area contributed by atoms with Crippen LogP contribution in [0.4, 0.5) is 4.79 Å². The molecule has 4 rings (SSSR count). The van der Waals surface area contributed by atoms with E-state index in [0.29, 0.717) is 29.4 Å². The maximum absolute atomic E-state index is 12.9. The molecule has 2 aliphatic heterocycles. The monoisotopic (exact) mass is 552 g/mol. The van der Waals surface area contributed by atoms with Crippen LogP contribution in [0.15, 0.2) is 41.3 Å². The number of carbonyl (C=O) groups is 3. The first kappa shape index (κ1) is 25.9. The van der Waals surface area contributed by atoms with Crippen molar-refractivity contribution in [2.45, 2.75) is 32.3 Å². The van der Waals surface area contributed by atoms with Gasteiger partial charge < -0.3 is 9.64 Å². The van der Waals surface area contributed by atoms with Crippen LogP contribution < -0.4 is 4.74 Å². The summed E-state index contributed by atoms with van der Waals surface area (Å²) in [6.07, 6.45) is 5.59. The summed E-state index contributed by atoms with van der Waals surface area (Å²) in [7, 11) is 0. The Bertz CT molecular complexity index is 1160. The highest BCUT2D eigenvalue weighted by molar-refractivity contribution is 8.18. The summed E-state index contributed by atoms with van der Waals surface area (Å²) in [6.45, 7) is 1.25. The van der Waals surface area contributed by atoms with Crippen molar-refractivity contribution in [3.63, 3.8) is 0 Å². The summed E-state index contributed by atoms with van der Waals surface area (Å²) >= 11 is 19.8. The van der Waals surface area contributed by atoms with Gasteiger partial charge in [0.15, 0.2) is 5.75 Å². The number of halogens is 3. The van der Waals surface area contributed by atoms with Gasteiger partial charge in [-0.2, -0.15) is 0 Å². The van der Waals surface area contributed by atoms with Crippen LogP contribution in [-0.4, -0.2) is 46.5 Å². The maximum atomic E-state index is 12.9. The predicted molar refractivity (Wildman–Crippen MR) is 140 cm³/mol. The van der Waals surface area contributed by atoms with Gasteiger partial charge in [-0.05, 0) is 54.4 Å². The van der Waals surface area contributed by atoms with E-state index in [0.717, 1.165) is 47.9 Å². The molecule has 0 bridgehead atoms. The Balaban J connectivity index is 1.45. The van der Waals surface area contributed by atoms with E-state index in [1.165, 1.54) is 6.08 Å². The number of amides is 3. The number of rotatable bonds is 6. The number of nitrogens with zero attached hydrogens (tertiary/aromatic N) is 2. The molecule has 0 N–H and O–H groups in total. The lowest BCUT2D eigenvalue weighted by Gasteiger charge is -2.22. The highest BCUT2D eigenvalue weighted by atomic mass is 35.5. The first-order valence-electron chi connectivity index (χ1n) is 11.2. The summed E-state index contributed by atoms with van der Waals surface area (Å²) in [4.78, 5) is 41.0. The van der Waals surface area contributed by atoms with E-state index in [9.17, 15) is 14.4 Å². The normalized spacial score (nSPS) is 17.7. The van der Waals surface area contributed by atoms with E-state index in [1.807, 2.05) is 18.2 Å². The molecule has 6 nitrogen and oxygen atoms in total. The zero-order valence-corrected chi connectivity index (χ0v) is 21.9. The van der Waals surface area contributed by atoms with Crippen LogP contribution in [0.25, 0.3) is 6.08 Å². The molecule has 35 heavy (non-hydrogen) atoms. The Morgan fingerprint density at radius 2 is 1.63 bits per heavy atom. The summed E-state index contributed by atoms with van der Waals surface area (Å²) < 4.78 is 5.78. The minimum atomic E-state index is -0.505. The highest BCUT2D eigenvalue weighted by Crippen LogP contribution is 2.38. The van der Waals surface area contributed by atoms with Gasteiger partial charge in [-0.25, -0.2) is 0 Å². The van der Waals surface area contributed by atoms with Crippen molar-refractivity contribution in [3.8, 4) is 5.75 Å². The van der Waals surface area contributed by atoms with E-state index in [1.54, 1.807) is 23.1 Å². The van der Waals surface area contributed by atoms with Gasteiger partial charge in [0.05, 0.1) is 15.0 Å². The second-order valence-corrected chi connectivity index (χ2v) is 10.5. The lowest BCUT2D eigenvalue weighted by Crippen LogP contribution is -2.42. The summed E-state index contributed by atoms with van der Waals surface area (Å²) in [5.41, 5.74) is 1.32. The standard InChI is InChI=1S/C25H23Cl3N2O4S/c26-18-8-4-3-7-17(18)15-34-23-19(27)11-16(12-20(23)28)13-21-24(32)30(25(33)35-21)14-22(31)29-9-5-1-2-6-10-29/h3-4,7-8,11-13H,1-2,5-6,9-10,14-15H2. The highest BCUT2D eigenvalue weighted by Gasteiger charge is 2.37. The molecule has 2 saturated heterocycles. The summed E-state index contributed by atoms with van der Waals surface area (Å²) in [5.74, 6) is -0.419. The van der Waals surface area contributed by atoms with Crippen molar-refractivity contribution in [2.75, 3.05) is 19.6 Å². The molecule has 10 heteroatoms. The van der Waals surface area contributed by atoms with E-state index in [-0.39, 0.29) is 34.0 Å². The van der Waals surface area contributed by atoms with Crippen molar-refractivity contribution in [2.24, 2.45) is 0 Å². The summed E-state index contributed by atoms with van der Waals surface area (Å²) in [6, 6.07) is 10.5. The van der Waals surface area contributed by atoms with Crippen molar-refractivity contribution >= 4 is 69.7 Å². The minimum Gasteiger partial charge on any atom is -0.486 e. The molecular weight excluding hydrogens is 531 g/mol. The molecule has 2 fully saturated rings. The van der Waals surface area contributed by atoms with Crippen molar-refractivity contribution in [1.82, 2.24) is 9.80 Å². The minimum absolute atomic E-state index is 0.183. The first-order valence-corrected chi connectivity index (χ1v) is 13.2. The average Bonchev–Trinajstić information content (AvgIpc) is 3.01. The Kier molecular flexibility index (Phi) is 8.65. The van der Waals surface area contributed by atoms with Gasteiger partial charge in [0.1, 0.15) is 13.2 Å². The van der Waals surface area contributed by atoms with Gasteiger partial charge in [0, 0.05) is 23.7 Å². The third-order valence-corrected chi connectivity index (χ3v) is 7.61. The molecule has 2 aromatic carbocycles. The molecule has 0 spiro atoms. The largest absolute Gasteiger partial charge is 0.486 e. The third kappa shape index (κ3) is 6.33. The van der Waals surface area contributed by atoms with Crippen LogP contribution in [0.3, 0.4) is 0 Å². The number of likely N-dealkylation sites (tertiary alicyclic amines) is 1. The van der Waals surface area contributed by atoms with E-state index >= 15 is 0 Å². The molecular formula is C25H23Cl3N2O4S. The Hall–Kier alpha value is -2.19. The molecule has 0 aliphatic carbocycles. The predicted octanol–water partition coefficient (Wildman–Crippen LogP) is 6.66. The molecule has 0 atom stereocenters. The maximum Gasteiger partial charge on any atom is 0.294 e. The number of ether oxygens (including phenoxy) is 1. The van der Waals surface area contributed by atoms with Gasteiger partial charge in [0.25, 0.3) is 11.1 Å². The first-order chi connectivity index (χ1) is 16.8. The zero-order valence-electron chi connectivity index (χ0n) is 18.8. The molecule has 0 saturated carbocycles. The fourth-order valence-corrected chi connectivity index (χ4v) is 5.55. The Morgan fingerprint density at radius 1 is 0.971 bits per heavy atom. The second-order valence-electron chi connectivity index (χ2n) is 8.26. The molecule has 2 aromatic rings. The number of benzene rings is 2. The van der Waals surface area contributed by atoms with Crippen LogP contribution in [0.5, 0.6) is 5.75 Å². The van der Waals surface area contributed by atoms with Gasteiger partial charge in [-0.15, -0.1) is 0 Å². The topological polar surface area (TPSA) is 66.9 Å². The zero-order chi connectivity index (χ0) is 24.9. The van der Waals surface area contributed by atoms with Crippen LogP contribution >= 0.6 is 46.6 Å². The summed E-state index contributed by atoms with van der Waals surface area (Å²) in [5, 5.41) is 0.612. The van der Waals surface area contributed by atoms with Crippen LogP contribution in [0, 0.1) is 0 Å². The fraction of sp³-hybridized carbons (Fsp3) is 0.320. The number of thioether (sulfide) groups is 1. The Labute approximate surface area is 223 Å². The average molecular weight is 554 g/mol. The quantitative estimate of drug-likeness (QED) is 0.374. The third-order valence-electron chi connectivity index (χ3n) is 5.77. The molecule has 0 unspecified atom stereocenters. The number of imide groups is 1. The lowest BCUT2D eigenvalue weighted by atomic mass is 10.2. The molecule has 184 valence electrons. The number of hydrogen-bond acceptors (Lipinski definition) is 5. The van der Waals surface area contributed by atoms with Crippen LogP contribution in [-0.2, 0) is 16.2 Å². The number of carbonyl (C=O) groups excluding carboxylic acids is 3. The molecule has 2 heterocycles.